The van der Waals surface area contributed by atoms with Gasteiger partial charge in [0, 0.05) is 10.6 Å². The minimum Gasteiger partial charge on any atom is -0.489 e. The van der Waals surface area contributed by atoms with Gasteiger partial charge in [-0.2, -0.15) is 0 Å². The Bertz CT molecular complexity index is 1220. The number of aromatic nitrogens is 3. The summed E-state index contributed by atoms with van der Waals surface area (Å²) < 4.78 is 7.51. The van der Waals surface area contributed by atoms with Crippen molar-refractivity contribution in [2.24, 2.45) is 0 Å². The molecular formula is C23H21ClN4O2S. The molecule has 8 heteroatoms. The molecule has 2 heterocycles. The number of benzene rings is 2. The summed E-state index contributed by atoms with van der Waals surface area (Å²) in [6.45, 7) is 4.95. The first-order valence-corrected chi connectivity index (χ1v) is 11.0. The number of amides is 1. The highest BCUT2D eigenvalue weighted by molar-refractivity contribution is 7.12. The van der Waals surface area contributed by atoms with E-state index in [4.69, 9.17) is 16.3 Å². The Morgan fingerprint density at radius 3 is 2.81 bits per heavy atom. The zero-order chi connectivity index (χ0) is 21.8. The molecule has 0 aliphatic rings. The van der Waals surface area contributed by atoms with Crippen molar-refractivity contribution in [2.75, 3.05) is 5.32 Å². The third-order valence-corrected chi connectivity index (χ3v) is 6.17. The molecule has 0 bridgehead atoms. The first-order chi connectivity index (χ1) is 15.0. The number of aryl methyl sites for hydroxylation is 2. The van der Waals surface area contributed by atoms with Gasteiger partial charge in [0.15, 0.2) is 0 Å². The number of hydrogen-bond acceptors (Lipinski definition) is 5. The van der Waals surface area contributed by atoms with Gasteiger partial charge in [-0.25, -0.2) is 9.67 Å². The fraction of sp³-hybridized carbons (Fsp3) is 0.174. The topological polar surface area (TPSA) is 69.0 Å². The highest BCUT2D eigenvalue weighted by Crippen LogP contribution is 2.23. The maximum atomic E-state index is 12.6. The van der Waals surface area contributed by atoms with Gasteiger partial charge in [-0.15, -0.1) is 16.4 Å². The smallest absolute Gasteiger partial charge is 0.268 e. The Hall–Kier alpha value is -3.16. The lowest BCUT2D eigenvalue weighted by Gasteiger charge is -2.06. The van der Waals surface area contributed by atoms with Crippen molar-refractivity contribution in [2.45, 2.75) is 27.0 Å². The summed E-state index contributed by atoms with van der Waals surface area (Å²) in [6.07, 6.45) is 1.61. The summed E-state index contributed by atoms with van der Waals surface area (Å²) in [7, 11) is 0. The SMILES string of the molecule is Cc1cc(OCc2csc(C(=O)Nc3ncn(Cc4ccccc4C)n3)c2)ccc1Cl. The van der Waals surface area contributed by atoms with Crippen LogP contribution in [0.1, 0.15) is 31.9 Å². The third kappa shape index (κ3) is 5.31. The summed E-state index contributed by atoms with van der Waals surface area (Å²) in [4.78, 5) is 17.3. The number of anilines is 1. The Morgan fingerprint density at radius 2 is 2.00 bits per heavy atom. The molecule has 31 heavy (non-hydrogen) atoms. The largest absolute Gasteiger partial charge is 0.489 e. The van der Waals surface area contributed by atoms with E-state index in [-0.39, 0.29) is 11.9 Å². The molecule has 2 aromatic carbocycles. The quantitative estimate of drug-likeness (QED) is 0.402. The second kappa shape index (κ2) is 9.32. The van der Waals surface area contributed by atoms with Crippen molar-refractivity contribution in [3.05, 3.63) is 92.4 Å². The highest BCUT2D eigenvalue weighted by atomic mass is 35.5. The lowest BCUT2D eigenvalue weighted by molar-refractivity contribution is 0.102. The van der Waals surface area contributed by atoms with Crippen molar-refractivity contribution in [3.8, 4) is 5.75 Å². The van der Waals surface area contributed by atoms with Crippen LogP contribution in [0.2, 0.25) is 5.02 Å². The fourth-order valence-corrected chi connectivity index (χ4v) is 3.91. The van der Waals surface area contributed by atoms with Gasteiger partial charge in [0.25, 0.3) is 5.91 Å². The van der Waals surface area contributed by atoms with Crippen molar-refractivity contribution >= 4 is 34.8 Å². The standard InChI is InChI=1S/C23H21ClN4O2S/c1-15-5-3-4-6-18(15)11-28-14-25-23(27-28)26-22(29)21-10-17(13-31-21)12-30-19-7-8-20(24)16(2)9-19/h3-10,13-14H,11-12H2,1-2H3,(H,26,27,29). The molecule has 0 radical (unpaired) electrons. The van der Waals surface area contributed by atoms with Crippen molar-refractivity contribution < 1.29 is 9.53 Å². The summed E-state index contributed by atoms with van der Waals surface area (Å²) >= 11 is 7.39. The maximum absolute atomic E-state index is 12.6. The molecule has 2 aromatic heterocycles. The molecule has 4 rings (SSSR count). The second-order valence-corrected chi connectivity index (χ2v) is 8.48. The normalized spacial score (nSPS) is 10.8. The van der Waals surface area contributed by atoms with Gasteiger partial charge in [0.05, 0.1) is 11.4 Å². The Morgan fingerprint density at radius 1 is 1.16 bits per heavy atom. The molecule has 0 fully saturated rings. The molecule has 0 unspecified atom stereocenters. The molecule has 0 aliphatic heterocycles. The molecule has 0 saturated carbocycles. The number of thiophene rings is 1. The van der Waals surface area contributed by atoms with Crippen LogP contribution in [0.15, 0.2) is 60.2 Å². The fourth-order valence-electron chi connectivity index (χ4n) is 3.00. The van der Waals surface area contributed by atoms with E-state index in [0.717, 1.165) is 22.4 Å². The molecule has 6 nitrogen and oxygen atoms in total. The van der Waals surface area contributed by atoms with Crippen LogP contribution in [0.3, 0.4) is 0 Å². The van der Waals surface area contributed by atoms with Crippen molar-refractivity contribution in [1.82, 2.24) is 14.8 Å². The summed E-state index contributed by atoms with van der Waals surface area (Å²) in [5, 5.41) is 9.72. The van der Waals surface area contributed by atoms with Crippen LogP contribution in [0.25, 0.3) is 0 Å². The molecule has 0 atom stereocenters. The van der Waals surface area contributed by atoms with Crippen LogP contribution in [0, 0.1) is 13.8 Å². The molecule has 0 spiro atoms. The number of nitrogens with one attached hydrogen (secondary N) is 1. The monoisotopic (exact) mass is 452 g/mol. The number of nitrogens with zero attached hydrogens (tertiary/aromatic N) is 3. The predicted molar refractivity (Wildman–Crippen MR) is 123 cm³/mol. The van der Waals surface area contributed by atoms with Crippen LogP contribution in [0.4, 0.5) is 5.95 Å². The molecular weight excluding hydrogens is 432 g/mol. The van der Waals surface area contributed by atoms with Gasteiger partial charge < -0.3 is 4.74 Å². The van der Waals surface area contributed by atoms with Gasteiger partial charge >= 0.3 is 0 Å². The van der Waals surface area contributed by atoms with Gasteiger partial charge in [-0.3, -0.25) is 10.1 Å². The molecule has 0 saturated heterocycles. The second-order valence-electron chi connectivity index (χ2n) is 7.17. The van der Waals surface area contributed by atoms with Crippen molar-refractivity contribution in [3.63, 3.8) is 0 Å². The van der Waals surface area contributed by atoms with E-state index in [2.05, 4.69) is 34.5 Å². The highest BCUT2D eigenvalue weighted by Gasteiger charge is 2.13. The maximum Gasteiger partial charge on any atom is 0.268 e. The molecule has 158 valence electrons. The number of halogens is 1. The van der Waals surface area contributed by atoms with Gasteiger partial charge in [0.1, 0.15) is 18.7 Å². The van der Waals surface area contributed by atoms with E-state index in [1.807, 2.05) is 48.7 Å². The van der Waals surface area contributed by atoms with Crippen molar-refractivity contribution in [1.29, 1.82) is 0 Å². The zero-order valence-corrected chi connectivity index (χ0v) is 18.7. The van der Waals surface area contributed by atoms with Gasteiger partial charge in [-0.1, -0.05) is 35.9 Å². The lowest BCUT2D eigenvalue weighted by Crippen LogP contribution is -2.12. The lowest BCUT2D eigenvalue weighted by atomic mass is 10.1. The van der Waals surface area contributed by atoms with E-state index in [1.165, 1.54) is 16.9 Å². The van der Waals surface area contributed by atoms with E-state index in [9.17, 15) is 4.79 Å². The Labute approximate surface area is 189 Å². The zero-order valence-electron chi connectivity index (χ0n) is 17.1. The number of hydrogen-bond donors (Lipinski definition) is 1. The van der Waals surface area contributed by atoms with Crippen LogP contribution in [-0.4, -0.2) is 20.7 Å². The van der Waals surface area contributed by atoms with Crippen LogP contribution < -0.4 is 10.1 Å². The molecule has 1 amide bonds. The summed E-state index contributed by atoms with van der Waals surface area (Å²) in [5.74, 6) is 0.774. The number of rotatable bonds is 7. The van der Waals surface area contributed by atoms with E-state index < -0.39 is 0 Å². The summed E-state index contributed by atoms with van der Waals surface area (Å²) in [5.41, 5.74) is 4.22. The van der Waals surface area contributed by atoms with Crippen LogP contribution in [0.5, 0.6) is 5.75 Å². The number of carbonyl (C=O) groups is 1. The first-order valence-electron chi connectivity index (χ1n) is 9.69. The van der Waals surface area contributed by atoms with Crippen LogP contribution >= 0.6 is 22.9 Å². The first kappa shape index (κ1) is 21.1. The predicted octanol–water partition coefficient (Wildman–Crippen LogP) is 5.49. The minimum atomic E-state index is -0.243. The minimum absolute atomic E-state index is 0.243. The number of ether oxygens (including phenoxy) is 1. The Kier molecular flexibility index (Phi) is 6.34. The Balaban J connectivity index is 1.34. The molecule has 0 aliphatic carbocycles. The average molecular weight is 453 g/mol. The van der Waals surface area contributed by atoms with E-state index in [0.29, 0.717) is 23.1 Å². The van der Waals surface area contributed by atoms with Gasteiger partial charge in [0.2, 0.25) is 5.95 Å². The van der Waals surface area contributed by atoms with Gasteiger partial charge in [-0.05, 0) is 60.2 Å². The number of carbonyl (C=O) groups excluding carboxylic acids is 1. The summed E-state index contributed by atoms with van der Waals surface area (Å²) in [6, 6.07) is 15.4. The molecule has 1 N–H and O–H groups in total. The van der Waals surface area contributed by atoms with E-state index in [1.54, 1.807) is 11.0 Å². The van der Waals surface area contributed by atoms with Crippen LogP contribution in [-0.2, 0) is 13.2 Å². The third-order valence-electron chi connectivity index (χ3n) is 4.77. The molecule has 4 aromatic rings. The van der Waals surface area contributed by atoms with E-state index >= 15 is 0 Å². The average Bonchev–Trinajstić information content (AvgIpc) is 3.40.